The second kappa shape index (κ2) is 5.09. The number of ether oxygens (including phenoxy) is 1. The van der Waals surface area contributed by atoms with Gasteiger partial charge in [-0.3, -0.25) is 4.98 Å². The maximum atomic E-state index is 5.35. The highest BCUT2D eigenvalue weighted by Crippen LogP contribution is 2.39. The van der Waals surface area contributed by atoms with E-state index >= 15 is 0 Å². The van der Waals surface area contributed by atoms with E-state index in [-0.39, 0.29) is 0 Å². The van der Waals surface area contributed by atoms with Crippen molar-refractivity contribution in [3.63, 3.8) is 0 Å². The zero-order chi connectivity index (χ0) is 13.2. The van der Waals surface area contributed by atoms with Crippen molar-refractivity contribution in [1.82, 2.24) is 14.3 Å². The highest BCUT2D eigenvalue weighted by molar-refractivity contribution is 7.06. The minimum absolute atomic E-state index is 0.586. The number of pyridine rings is 1. The van der Waals surface area contributed by atoms with Crippen LogP contribution in [0.15, 0.2) is 24.9 Å². The quantitative estimate of drug-likeness (QED) is 0.782. The molecule has 98 valence electrons. The molecule has 0 aromatic carbocycles. The Kier molecular flexibility index (Phi) is 3.29. The highest BCUT2D eigenvalue weighted by Gasteiger charge is 2.25. The Hall–Kier alpha value is -1.75. The first-order valence-electron chi connectivity index (χ1n) is 6.40. The van der Waals surface area contributed by atoms with Crippen LogP contribution in [0.3, 0.4) is 0 Å². The van der Waals surface area contributed by atoms with Gasteiger partial charge in [-0.15, -0.1) is 0 Å². The van der Waals surface area contributed by atoms with Gasteiger partial charge in [0, 0.05) is 23.4 Å². The normalized spacial score (nSPS) is 14.4. The molecule has 1 fully saturated rings. The number of aromatic nitrogens is 3. The van der Waals surface area contributed by atoms with Gasteiger partial charge in [0.15, 0.2) is 10.8 Å². The molecule has 0 saturated heterocycles. The van der Waals surface area contributed by atoms with Gasteiger partial charge in [-0.05, 0) is 43.4 Å². The SMILES string of the molecule is C=C(OCC)c1nc(-c2ccnc(C3CC3)c2)ns1. The Labute approximate surface area is 116 Å². The molecule has 0 radical (unpaired) electrons. The van der Waals surface area contributed by atoms with E-state index in [1.54, 1.807) is 0 Å². The number of hydrogen-bond donors (Lipinski definition) is 0. The van der Waals surface area contributed by atoms with Gasteiger partial charge in [-0.2, -0.15) is 4.37 Å². The van der Waals surface area contributed by atoms with Crippen molar-refractivity contribution in [2.24, 2.45) is 0 Å². The molecule has 5 heteroatoms. The van der Waals surface area contributed by atoms with Crippen LogP contribution >= 0.6 is 11.5 Å². The van der Waals surface area contributed by atoms with Crippen LogP contribution < -0.4 is 0 Å². The number of hydrogen-bond acceptors (Lipinski definition) is 5. The van der Waals surface area contributed by atoms with E-state index < -0.39 is 0 Å². The largest absolute Gasteiger partial charge is 0.491 e. The first-order chi connectivity index (χ1) is 9.28. The summed E-state index contributed by atoms with van der Waals surface area (Å²) in [5.74, 6) is 1.95. The van der Waals surface area contributed by atoms with E-state index in [9.17, 15) is 0 Å². The summed E-state index contributed by atoms with van der Waals surface area (Å²) in [6.45, 7) is 6.37. The molecule has 19 heavy (non-hydrogen) atoms. The molecule has 1 aliphatic carbocycles. The van der Waals surface area contributed by atoms with Crippen molar-refractivity contribution in [3.8, 4) is 11.4 Å². The van der Waals surface area contributed by atoms with Gasteiger partial charge in [0.1, 0.15) is 5.76 Å². The molecule has 2 aromatic rings. The number of rotatable bonds is 5. The summed E-state index contributed by atoms with van der Waals surface area (Å²) < 4.78 is 9.72. The monoisotopic (exact) mass is 273 g/mol. The van der Waals surface area contributed by atoms with Gasteiger partial charge >= 0.3 is 0 Å². The first kappa shape index (κ1) is 12.3. The van der Waals surface area contributed by atoms with Gasteiger partial charge in [0.25, 0.3) is 0 Å². The third-order valence-electron chi connectivity index (χ3n) is 3.02. The molecule has 0 amide bonds. The van der Waals surface area contributed by atoms with E-state index in [4.69, 9.17) is 4.74 Å². The predicted molar refractivity (Wildman–Crippen MR) is 75.8 cm³/mol. The molecule has 1 aliphatic rings. The molecule has 0 N–H and O–H groups in total. The lowest BCUT2D eigenvalue weighted by Gasteiger charge is -2.01. The first-order valence-corrected chi connectivity index (χ1v) is 7.17. The molecule has 0 spiro atoms. The molecule has 4 nitrogen and oxygen atoms in total. The summed E-state index contributed by atoms with van der Waals surface area (Å²) in [6, 6.07) is 4.04. The van der Waals surface area contributed by atoms with Crippen LogP contribution in [0, 0.1) is 0 Å². The average molecular weight is 273 g/mol. The fourth-order valence-corrected chi connectivity index (χ4v) is 2.49. The van der Waals surface area contributed by atoms with Crippen LogP contribution in [0.5, 0.6) is 0 Å². The molecule has 0 aliphatic heterocycles. The summed E-state index contributed by atoms with van der Waals surface area (Å²) in [5, 5.41) is 0.738. The van der Waals surface area contributed by atoms with E-state index in [1.807, 2.05) is 19.2 Å². The van der Waals surface area contributed by atoms with Gasteiger partial charge in [0.05, 0.1) is 6.61 Å². The van der Waals surface area contributed by atoms with Crippen LogP contribution in [-0.2, 0) is 4.74 Å². The predicted octanol–water partition coefficient (Wildman–Crippen LogP) is 3.48. The molecule has 1 saturated carbocycles. The Bertz CT molecular complexity index is 604. The van der Waals surface area contributed by atoms with E-state index in [2.05, 4.69) is 27.0 Å². The lowest BCUT2D eigenvalue weighted by Crippen LogP contribution is -1.90. The van der Waals surface area contributed by atoms with Crippen molar-refractivity contribution in [2.75, 3.05) is 6.61 Å². The van der Waals surface area contributed by atoms with Crippen LogP contribution in [0.25, 0.3) is 17.1 Å². The van der Waals surface area contributed by atoms with Crippen LogP contribution in [0.2, 0.25) is 0 Å². The van der Waals surface area contributed by atoms with Crippen molar-refractivity contribution < 1.29 is 4.74 Å². The minimum atomic E-state index is 0.586. The van der Waals surface area contributed by atoms with Crippen LogP contribution in [0.1, 0.15) is 36.4 Å². The minimum Gasteiger partial charge on any atom is -0.491 e. The third kappa shape index (κ3) is 2.66. The maximum Gasteiger partial charge on any atom is 0.178 e. The maximum absolute atomic E-state index is 5.35. The second-order valence-electron chi connectivity index (χ2n) is 4.52. The molecular formula is C14H15N3OS. The Morgan fingerprint density at radius 2 is 2.37 bits per heavy atom. The van der Waals surface area contributed by atoms with E-state index in [0.29, 0.717) is 18.3 Å². The second-order valence-corrected chi connectivity index (χ2v) is 5.27. The van der Waals surface area contributed by atoms with E-state index in [1.165, 1.54) is 24.4 Å². The molecule has 3 rings (SSSR count). The Morgan fingerprint density at radius 3 is 3.11 bits per heavy atom. The number of nitrogens with zero attached hydrogens (tertiary/aromatic N) is 3. The molecular weight excluding hydrogens is 258 g/mol. The van der Waals surface area contributed by atoms with Gasteiger partial charge in [-0.1, -0.05) is 6.58 Å². The molecule has 0 atom stereocenters. The lowest BCUT2D eigenvalue weighted by atomic mass is 10.2. The average Bonchev–Trinajstić information content (AvgIpc) is 3.16. The smallest absolute Gasteiger partial charge is 0.178 e. The molecule has 0 unspecified atom stereocenters. The van der Waals surface area contributed by atoms with Gasteiger partial charge < -0.3 is 4.74 Å². The fraction of sp³-hybridized carbons (Fsp3) is 0.357. The standard InChI is InChI=1S/C14H15N3OS/c1-3-18-9(2)14-16-13(17-19-14)11-6-7-15-12(8-11)10-4-5-10/h6-8,10H,2-5H2,1H3. The summed E-state index contributed by atoms with van der Waals surface area (Å²) >= 11 is 1.32. The zero-order valence-electron chi connectivity index (χ0n) is 10.8. The van der Waals surface area contributed by atoms with E-state index in [0.717, 1.165) is 22.1 Å². The Morgan fingerprint density at radius 1 is 1.53 bits per heavy atom. The van der Waals surface area contributed by atoms with Crippen LogP contribution in [-0.4, -0.2) is 20.9 Å². The summed E-state index contributed by atoms with van der Waals surface area (Å²) in [6.07, 6.45) is 4.32. The van der Waals surface area contributed by atoms with Crippen molar-refractivity contribution in [2.45, 2.75) is 25.7 Å². The molecule has 2 aromatic heterocycles. The zero-order valence-corrected chi connectivity index (χ0v) is 11.6. The molecule has 0 bridgehead atoms. The summed E-state index contributed by atoms with van der Waals surface area (Å²) in [5.41, 5.74) is 2.17. The van der Waals surface area contributed by atoms with Crippen molar-refractivity contribution in [1.29, 1.82) is 0 Å². The van der Waals surface area contributed by atoms with Gasteiger partial charge in [-0.25, -0.2) is 4.98 Å². The topological polar surface area (TPSA) is 47.9 Å². The van der Waals surface area contributed by atoms with Crippen molar-refractivity contribution >= 4 is 17.3 Å². The summed E-state index contributed by atoms with van der Waals surface area (Å²) in [7, 11) is 0. The third-order valence-corrected chi connectivity index (χ3v) is 3.77. The molecule has 2 heterocycles. The highest BCUT2D eigenvalue weighted by atomic mass is 32.1. The summed E-state index contributed by atoms with van der Waals surface area (Å²) in [4.78, 5) is 8.88. The lowest BCUT2D eigenvalue weighted by molar-refractivity contribution is 0.299. The van der Waals surface area contributed by atoms with Gasteiger partial charge in [0.2, 0.25) is 0 Å². The van der Waals surface area contributed by atoms with Crippen LogP contribution in [0.4, 0.5) is 0 Å². The Balaban J connectivity index is 1.85. The fourth-order valence-electron chi connectivity index (χ4n) is 1.88. The van der Waals surface area contributed by atoms with Crippen molar-refractivity contribution in [3.05, 3.63) is 35.6 Å².